The summed E-state index contributed by atoms with van der Waals surface area (Å²) in [6.45, 7) is 1.10. The van der Waals surface area contributed by atoms with E-state index in [0.717, 1.165) is 6.42 Å². The number of rotatable bonds is 2. The van der Waals surface area contributed by atoms with E-state index in [2.05, 4.69) is 15.9 Å². The normalized spacial score (nSPS) is 18.3. The third-order valence-electron chi connectivity index (χ3n) is 2.35. The summed E-state index contributed by atoms with van der Waals surface area (Å²) in [4.78, 5) is 0. The summed E-state index contributed by atoms with van der Waals surface area (Å²) in [5.74, 6) is -0.515. The molecule has 17 heavy (non-hydrogen) atoms. The fraction of sp³-hybridized carbons (Fsp3) is 0.364. The van der Waals surface area contributed by atoms with E-state index in [0.29, 0.717) is 17.7 Å². The molecule has 1 aliphatic heterocycles. The van der Waals surface area contributed by atoms with Crippen molar-refractivity contribution in [2.45, 2.75) is 12.5 Å². The molecule has 0 spiro atoms. The minimum Gasteiger partial charge on any atom is -0.485 e. The largest absolute Gasteiger partial charge is 0.485 e. The van der Waals surface area contributed by atoms with Crippen LogP contribution in [0.25, 0.3) is 0 Å². The van der Waals surface area contributed by atoms with Crippen LogP contribution in [0, 0.1) is 17.1 Å². The zero-order valence-corrected chi connectivity index (χ0v) is 11.5. The summed E-state index contributed by atoms with van der Waals surface area (Å²) >= 11 is 3.11. The third-order valence-corrected chi connectivity index (χ3v) is 3.01. The van der Waals surface area contributed by atoms with Gasteiger partial charge in [0, 0.05) is 10.9 Å². The number of nitriles is 1. The fourth-order valence-corrected chi connectivity index (χ4v) is 1.91. The first kappa shape index (κ1) is 14.3. The summed E-state index contributed by atoms with van der Waals surface area (Å²) < 4.78 is 24.8. The Morgan fingerprint density at radius 3 is 2.88 bits per heavy atom. The number of nitrogens with zero attached hydrogens (tertiary/aromatic N) is 1. The topological polar surface area (TPSA) is 42.2 Å². The van der Waals surface area contributed by atoms with Crippen LogP contribution >= 0.6 is 29.4 Å². The van der Waals surface area contributed by atoms with Gasteiger partial charge in [0.05, 0.1) is 13.2 Å². The molecule has 1 aromatic carbocycles. The molecule has 6 heteroatoms. The Labute approximate surface area is 114 Å². The zero-order chi connectivity index (χ0) is 11.5. The van der Waals surface area contributed by atoms with Gasteiger partial charge in [0.25, 0.3) is 0 Å². The number of benzene rings is 1. The highest BCUT2D eigenvalue weighted by atomic mass is 79.9. The molecule has 1 heterocycles. The summed E-state index contributed by atoms with van der Waals surface area (Å²) in [5.41, 5.74) is -0.0311. The number of hydrogen-bond donors (Lipinski definition) is 0. The molecule has 2 rings (SSSR count). The highest BCUT2D eigenvalue weighted by Gasteiger charge is 2.20. The second kappa shape index (κ2) is 6.24. The van der Waals surface area contributed by atoms with Gasteiger partial charge in [0.15, 0.2) is 11.6 Å². The summed E-state index contributed by atoms with van der Waals surface area (Å²) in [7, 11) is 0. The van der Waals surface area contributed by atoms with E-state index in [-0.39, 0.29) is 30.9 Å². The van der Waals surface area contributed by atoms with E-state index >= 15 is 0 Å². The van der Waals surface area contributed by atoms with Crippen molar-refractivity contribution in [1.82, 2.24) is 0 Å². The number of ether oxygens (including phenoxy) is 2. The van der Waals surface area contributed by atoms with E-state index in [1.54, 1.807) is 12.1 Å². The van der Waals surface area contributed by atoms with Crippen LogP contribution in [0.3, 0.4) is 0 Å². The average molecular weight is 320 g/mol. The molecule has 92 valence electrons. The molecule has 0 aliphatic carbocycles. The van der Waals surface area contributed by atoms with Crippen molar-refractivity contribution in [3.63, 3.8) is 0 Å². The van der Waals surface area contributed by atoms with Crippen LogP contribution < -0.4 is 4.74 Å². The summed E-state index contributed by atoms with van der Waals surface area (Å²) in [5, 5.41) is 8.78. The van der Waals surface area contributed by atoms with Crippen molar-refractivity contribution >= 4 is 29.4 Å². The maximum absolute atomic E-state index is 13.8. The van der Waals surface area contributed by atoms with Gasteiger partial charge in [-0.05, 0) is 28.1 Å². The minimum absolute atomic E-state index is 0. The molecule has 0 bridgehead atoms. The first-order chi connectivity index (χ1) is 7.72. The molecular formula is C11H11BrFNO2S. The smallest absolute Gasteiger partial charge is 0.183 e. The summed E-state index contributed by atoms with van der Waals surface area (Å²) in [6.07, 6.45) is 0.624. The van der Waals surface area contributed by atoms with Gasteiger partial charge in [-0.1, -0.05) is 0 Å². The number of hydrogen-bond acceptors (Lipinski definition) is 3. The SMILES string of the molecule is N#Cc1c(Br)ccc(O[C@H]2CCOC2)c1F.S. The lowest BCUT2D eigenvalue weighted by Gasteiger charge is -2.13. The Morgan fingerprint density at radius 2 is 2.29 bits per heavy atom. The van der Waals surface area contributed by atoms with E-state index in [1.165, 1.54) is 6.07 Å². The Bertz CT molecular complexity index is 444. The molecule has 0 N–H and O–H groups in total. The van der Waals surface area contributed by atoms with Gasteiger partial charge < -0.3 is 9.47 Å². The molecule has 1 aliphatic rings. The molecule has 0 saturated carbocycles. The Morgan fingerprint density at radius 1 is 1.53 bits per heavy atom. The van der Waals surface area contributed by atoms with Crippen LogP contribution in [0.5, 0.6) is 5.75 Å². The van der Waals surface area contributed by atoms with Gasteiger partial charge in [-0.2, -0.15) is 18.8 Å². The minimum atomic E-state index is -0.622. The zero-order valence-electron chi connectivity index (χ0n) is 8.87. The van der Waals surface area contributed by atoms with Gasteiger partial charge >= 0.3 is 0 Å². The van der Waals surface area contributed by atoms with E-state index in [9.17, 15) is 4.39 Å². The lowest BCUT2D eigenvalue weighted by Crippen LogP contribution is -2.16. The molecule has 0 aromatic heterocycles. The predicted molar refractivity (Wildman–Crippen MR) is 69.0 cm³/mol. The quantitative estimate of drug-likeness (QED) is 0.841. The fourth-order valence-electron chi connectivity index (χ4n) is 1.51. The lowest BCUT2D eigenvalue weighted by atomic mass is 10.2. The molecule has 0 amide bonds. The molecule has 1 fully saturated rings. The number of halogens is 2. The third kappa shape index (κ3) is 3.12. The van der Waals surface area contributed by atoms with E-state index in [1.807, 2.05) is 0 Å². The van der Waals surface area contributed by atoms with Crippen molar-refractivity contribution in [1.29, 1.82) is 5.26 Å². The highest BCUT2D eigenvalue weighted by Crippen LogP contribution is 2.28. The van der Waals surface area contributed by atoms with Gasteiger partial charge in [-0.15, -0.1) is 0 Å². The average Bonchev–Trinajstić information content (AvgIpc) is 2.76. The molecule has 3 nitrogen and oxygen atoms in total. The standard InChI is InChI=1S/C11H9BrFNO2.H2S/c12-9-1-2-10(11(13)8(9)5-14)16-7-3-4-15-6-7;/h1-2,7H,3-4,6H2;1H2/t7-;/m0./s1. The van der Waals surface area contributed by atoms with Crippen LogP contribution in [0.4, 0.5) is 4.39 Å². The molecule has 1 saturated heterocycles. The van der Waals surface area contributed by atoms with E-state index in [4.69, 9.17) is 14.7 Å². The lowest BCUT2D eigenvalue weighted by molar-refractivity contribution is 0.138. The summed E-state index contributed by atoms with van der Waals surface area (Å²) in [6, 6.07) is 4.91. The van der Waals surface area contributed by atoms with Crippen molar-refractivity contribution < 1.29 is 13.9 Å². The van der Waals surface area contributed by atoms with Gasteiger partial charge in [-0.3, -0.25) is 0 Å². The monoisotopic (exact) mass is 319 g/mol. The molecular weight excluding hydrogens is 309 g/mol. The van der Waals surface area contributed by atoms with Crippen molar-refractivity contribution in [2.24, 2.45) is 0 Å². The molecule has 0 unspecified atom stereocenters. The van der Waals surface area contributed by atoms with Crippen molar-refractivity contribution in [3.8, 4) is 11.8 Å². The Hall–Kier alpha value is -0.770. The first-order valence-corrected chi connectivity index (χ1v) is 5.64. The molecule has 1 aromatic rings. The highest BCUT2D eigenvalue weighted by molar-refractivity contribution is 9.10. The van der Waals surface area contributed by atoms with Gasteiger partial charge in [0.2, 0.25) is 0 Å². The van der Waals surface area contributed by atoms with Crippen molar-refractivity contribution in [3.05, 3.63) is 28.0 Å². The van der Waals surface area contributed by atoms with Crippen molar-refractivity contribution in [2.75, 3.05) is 13.2 Å². The second-order valence-electron chi connectivity index (χ2n) is 3.45. The Balaban J connectivity index is 0.00000144. The maximum atomic E-state index is 13.8. The van der Waals surface area contributed by atoms with Gasteiger partial charge in [-0.25, -0.2) is 4.39 Å². The van der Waals surface area contributed by atoms with Crippen LogP contribution in [0.2, 0.25) is 0 Å². The van der Waals surface area contributed by atoms with Gasteiger partial charge in [0.1, 0.15) is 17.7 Å². The Kier molecular flexibility index (Phi) is 5.25. The predicted octanol–water partition coefficient (Wildman–Crippen LogP) is 2.74. The van der Waals surface area contributed by atoms with E-state index < -0.39 is 5.82 Å². The maximum Gasteiger partial charge on any atom is 0.183 e. The second-order valence-corrected chi connectivity index (χ2v) is 4.30. The molecule has 0 radical (unpaired) electrons. The van der Waals surface area contributed by atoms with Crippen LogP contribution in [-0.4, -0.2) is 19.3 Å². The van der Waals surface area contributed by atoms with Crippen LogP contribution in [-0.2, 0) is 4.74 Å². The molecule has 1 atom stereocenters. The first-order valence-electron chi connectivity index (χ1n) is 4.85. The van der Waals surface area contributed by atoms with Crippen LogP contribution in [0.1, 0.15) is 12.0 Å². The van der Waals surface area contributed by atoms with Crippen LogP contribution in [0.15, 0.2) is 16.6 Å².